The molecular weight excluding hydrogens is 236 g/mol. The van der Waals surface area contributed by atoms with Gasteiger partial charge in [0, 0.05) is 6.42 Å². The highest BCUT2D eigenvalue weighted by Crippen LogP contribution is 2.22. The van der Waals surface area contributed by atoms with Crippen LogP contribution in [0, 0.1) is 11.8 Å². The predicted molar refractivity (Wildman–Crippen MR) is 79.0 cm³/mol. The molecule has 2 nitrogen and oxygen atoms in total. The Morgan fingerprint density at radius 2 is 1.58 bits per heavy atom. The van der Waals surface area contributed by atoms with Crippen molar-refractivity contribution in [3.63, 3.8) is 0 Å². The summed E-state index contributed by atoms with van der Waals surface area (Å²) in [7, 11) is 0. The van der Waals surface area contributed by atoms with Crippen molar-refractivity contribution in [2.75, 3.05) is 6.61 Å². The van der Waals surface area contributed by atoms with Crippen LogP contribution in [-0.4, -0.2) is 12.6 Å². The zero-order valence-corrected chi connectivity index (χ0v) is 12.9. The first-order chi connectivity index (χ1) is 8.60. The SMILES string of the molecule is CC(C)(C)C(=O)OC[CH]c1ccc(C(C)(C)C)cc1. The minimum atomic E-state index is -0.441. The molecule has 0 spiro atoms. The largest absolute Gasteiger partial charge is 0.465 e. The van der Waals surface area contributed by atoms with E-state index in [0.29, 0.717) is 6.61 Å². The van der Waals surface area contributed by atoms with Crippen molar-refractivity contribution < 1.29 is 9.53 Å². The van der Waals surface area contributed by atoms with Gasteiger partial charge in [0.15, 0.2) is 0 Å². The summed E-state index contributed by atoms with van der Waals surface area (Å²) in [5, 5.41) is 0. The molecule has 0 aliphatic heterocycles. The topological polar surface area (TPSA) is 26.3 Å². The Kier molecular flexibility index (Phi) is 4.78. The molecule has 19 heavy (non-hydrogen) atoms. The van der Waals surface area contributed by atoms with Gasteiger partial charge in [0.25, 0.3) is 0 Å². The number of hydrogen-bond acceptors (Lipinski definition) is 2. The Labute approximate surface area is 117 Å². The average molecular weight is 261 g/mol. The zero-order valence-electron chi connectivity index (χ0n) is 12.9. The molecule has 1 aromatic carbocycles. The van der Waals surface area contributed by atoms with Crippen LogP contribution >= 0.6 is 0 Å². The molecule has 0 N–H and O–H groups in total. The highest BCUT2D eigenvalue weighted by molar-refractivity contribution is 5.75. The van der Waals surface area contributed by atoms with E-state index in [1.165, 1.54) is 5.56 Å². The van der Waals surface area contributed by atoms with E-state index in [1.54, 1.807) is 0 Å². The van der Waals surface area contributed by atoms with Crippen LogP contribution in [0.3, 0.4) is 0 Å². The summed E-state index contributed by atoms with van der Waals surface area (Å²) in [6.07, 6.45) is 1.93. The second-order valence-electron chi connectivity index (χ2n) is 6.92. The lowest BCUT2D eigenvalue weighted by Crippen LogP contribution is -2.23. The lowest BCUT2D eigenvalue weighted by Gasteiger charge is -2.19. The molecule has 0 fully saturated rings. The van der Waals surface area contributed by atoms with Crippen molar-refractivity contribution in [1.29, 1.82) is 0 Å². The normalized spacial score (nSPS) is 12.3. The number of ether oxygens (including phenoxy) is 1. The quantitative estimate of drug-likeness (QED) is 0.765. The molecule has 0 unspecified atom stereocenters. The van der Waals surface area contributed by atoms with Gasteiger partial charge in [-0.15, -0.1) is 0 Å². The summed E-state index contributed by atoms with van der Waals surface area (Å²) in [5.74, 6) is -0.171. The van der Waals surface area contributed by atoms with Crippen molar-refractivity contribution in [2.45, 2.75) is 47.0 Å². The van der Waals surface area contributed by atoms with E-state index in [-0.39, 0.29) is 11.4 Å². The summed E-state index contributed by atoms with van der Waals surface area (Å²) in [5.41, 5.74) is 2.10. The second-order valence-corrected chi connectivity index (χ2v) is 6.92. The van der Waals surface area contributed by atoms with E-state index in [0.717, 1.165) is 5.56 Å². The van der Waals surface area contributed by atoms with Crippen LogP contribution in [0.1, 0.15) is 52.7 Å². The van der Waals surface area contributed by atoms with Crippen LogP contribution < -0.4 is 0 Å². The minimum Gasteiger partial charge on any atom is -0.465 e. The molecule has 0 aliphatic carbocycles. The van der Waals surface area contributed by atoms with Gasteiger partial charge in [-0.2, -0.15) is 0 Å². The summed E-state index contributed by atoms with van der Waals surface area (Å²) >= 11 is 0. The van der Waals surface area contributed by atoms with Gasteiger partial charge in [-0.3, -0.25) is 4.79 Å². The Balaban J connectivity index is 2.50. The van der Waals surface area contributed by atoms with Crippen LogP contribution in [0.4, 0.5) is 0 Å². The molecule has 0 aliphatic rings. The Morgan fingerprint density at radius 1 is 1.05 bits per heavy atom. The van der Waals surface area contributed by atoms with Gasteiger partial charge in [-0.25, -0.2) is 0 Å². The van der Waals surface area contributed by atoms with Crippen LogP contribution in [0.25, 0.3) is 0 Å². The van der Waals surface area contributed by atoms with Crippen molar-refractivity contribution in [1.82, 2.24) is 0 Å². The van der Waals surface area contributed by atoms with Crippen LogP contribution in [0.2, 0.25) is 0 Å². The number of carbonyl (C=O) groups excluding carboxylic acids is 1. The fourth-order valence-electron chi connectivity index (χ4n) is 1.55. The molecule has 105 valence electrons. The fraction of sp³-hybridized carbons (Fsp3) is 0.529. The lowest BCUT2D eigenvalue weighted by molar-refractivity contribution is -0.151. The van der Waals surface area contributed by atoms with E-state index in [4.69, 9.17) is 4.74 Å². The Hall–Kier alpha value is -1.31. The fourth-order valence-corrected chi connectivity index (χ4v) is 1.55. The maximum atomic E-state index is 11.6. The number of carbonyl (C=O) groups is 1. The van der Waals surface area contributed by atoms with Crippen LogP contribution in [0.15, 0.2) is 24.3 Å². The van der Waals surface area contributed by atoms with Crippen LogP contribution in [0.5, 0.6) is 0 Å². The van der Waals surface area contributed by atoms with E-state index in [2.05, 4.69) is 45.0 Å². The first-order valence-corrected chi connectivity index (χ1v) is 6.72. The number of hydrogen-bond donors (Lipinski definition) is 0. The summed E-state index contributed by atoms with van der Waals surface area (Å²) in [6, 6.07) is 8.37. The predicted octanol–water partition coefficient (Wildman–Crippen LogP) is 4.13. The van der Waals surface area contributed by atoms with Crippen molar-refractivity contribution in [3.8, 4) is 0 Å². The maximum Gasteiger partial charge on any atom is 0.311 e. The molecule has 2 heteroatoms. The van der Waals surface area contributed by atoms with Crippen molar-refractivity contribution in [2.24, 2.45) is 5.41 Å². The Morgan fingerprint density at radius 3 is 2.00 bits per heavy atom. The van der Waals surface area contributed by atoms with E-state index in [1.807, 2.05) is 27.2 Å². The van der Waals surface area contributed by atoms with E-state index in [9.17, 15) is 4.79 Å². The molecular formula is C17H25O2. The van der Waals surface area contributed by atoms with Crippen molar-refractivity contribution in [3.05, 3.63) is 41.8 Å². The number of rotatable bonds is 3. The smallest absolute Gasteiger partial charge is 0.311 e. The van der Waals surface area contributed by atoms with Crippen LogP contribution in [-0.2, 0) is 14.9 Å². The molecule has 0 saturated heterocycles. The first kappa shape index (κ1) is 15.7. The molecule has 1 aromatic rings. The molecule has 1 radical (unpaired) electrons. The minimum absolute atomic E-state index is 0.164. The third-order valence-corrected chi connectivity index (χ3v) is 2.92. The van der Waals surface area contributed by atoms with Crippen molar-refractivity contribution >= 4 is 5.97 Å². The third kappa shape index (κ3) is 5.06. The van der Waals surface area contributed by atoms with Gasteiger partial charge in [0.1, 0.15) is 0 Å². The number of esters is 1. The first-order valence-electron chi connectivity index (χ1n) is 6.72. The molecule has 0 amide bonds. The molecule has 0 aromatic heterocycles. The zero-order chi connectivity index (χ0) is 14.7. The lowest BCUT2D eigenvalue weighted by atomic mass is 9.86. The highest BCUT2D eigenvalue weighted by atomic mass is 16.5. The molecule has 0 atom stereocenters. The monoisotopic (exact) mass is 261 g/mol. The van der Waals surface area contributed by atoms with E-state index < -0.39 is 5.41 Å². The summed E-state index contributed by atoms with van der Waals surface area (Å²) in [6.45, 7) is 12.5. The summed E-state index contributed by atoms with van der Waals surface area (Å²) in [4.78, 5) is 11.6. The molecule has 0 saturated carbocycles. The standard InChI is InChI=1S/C17H25O2/c1-16(2,3)14-9-7-13(8-10-14)11-12-19-15(18)17(4,5)6/h7-11H,12H2,1-6H3. The highest BCUT2D eigenvalue weighted by Gasteiger charge is 2.22. The van der Waals surface area contributed by atoms with Gasteiger partial charge in [0.05, 0.1) is 12.0 Å². The maximum absolute atomic E-state index is 11.6. The van der Waals surface area contributed by atoms with Gasteiger partial charge in [-0.1, -0.05) is 45.0 Å². The molecule has 0 bridgehead atoms. The molecule has 1 rings (SSSR count). The third-order valence-electron chi connectivity index (χ3n) is 2.92. The molecule has 0 heterocycles. The van der Waals surface area contributed by atoms with E-state index >= 15 is 0 Å². The van der Waals surface area contributed by atoms with Gasteiger partial charge < -0.3 is 4.74 Å². The van der Waals surface area contributed by atoms with Gasteiger partial charge in [-0.05, 0) is 37.3 Å². The summed E-state index contributed by atoms with van der Waals surface area (Å²) < 4.78 is 5.21. The van der Waals surface area contributed by atoms with Gasteiger partial charge >= 0.3 is 5.97 Å². The second kappa shape index (κ2) is 5.77. The van der Waals surface area contributed by atoms with Gasteiger partial charge in [0.2, 0.25) is 0 Å². The number of benzene rings is 1. The average Bonchev–Trinajstić information content (AvgIpc) is 2.27. The Bertz CT molecular complexity index is 416.